The van der Waals surface area contributed by atoms with E-state index in [9.17, 15) is 0 Å². The second-order valence-corrected chi connectivity index (χ2v) is 4.43. The standard InChI is InChI=1S/C13H19N5/c1-3-18(10-13-9-17(2)16-15-13)8-11-5-4-6-12(14)7-11/h4-7,9H,3,8,10,14H2,1-2H3. The molecule has 5 nitrogen and oxygen atoms in total. The zero-order valence-corrected chi connectivity index (χ0v) is 10.9. The molecule has 0 aliphatic rings. The fraction of sp³-hybridized carbons (Fsp3) is 0.385. The number of nitrogens with zero attached hydrogens (tertiary/aromatic N) is 4. The fourth-order valence-electron chi connectivity index (χ4n) is 1.93. The molecule has 2 aromatic rings. The van der Waals surface area contributed by atoms with Crippen LogP contribution in [0.4, 0.5) is 5.69 Å². The molecule has 0 aliphatic heterocycles. The van der Waals surface area contributed by atoms with Crippen LogP contribution in [0, 0.1) is 0 Å². The van der Waals surface area contributed by atoms with E-state index in [4.69, 9.17) is 5.73 Å². The molecule has 96 valence electrons. The lowest BCUT2D eigenvalue weighted by Crippen LogP contribution is -2.22. The van der Waals surface area contributed by atoms with E-state index in [1.807, 2.05) is 31.4 Å². The van der Waals surface area contributed by atoms with Gasteiger partial charge in [0, 0.05) is 32.0 Å². The minimum atomic E-state index is 0.805. The van der Waals surface area contributed by atoms with Gasteiger partial charge in [-0.15, -0.1) is 5.10 Å². The van der Waals surface area contributed by atoms with Crippen LogP contribution in [0.5, 0.6) is 0 Å². The van der Waals surface area contributed by atoms with Gasteiger partial charge in [0.1, 0.15) is 0 Å². The zero-order chi connectivity index (χ0) is 13.0. The number of hydrogen-bond donors (Lipinski definition) is 1. The summed E-state index contributed by atoms with van der Waals surface area (Å²) in [6, 6.07) is 8.00. The Bertz CT molecular complexity index is 506. The Morgan fingerprint density at radius 2 is 2.17 bits per heavy atom. The molecule has 1 aromatic heterocycles. The molecule has 1 aromatic carbocycles. The van der Waals surface area contributed by atoms with Crippen molar-refractivity contribution in [2.75, 3.05) is 12.3 Å². The van der Waals surface area contributed by atoms with Crippen molar-refractivity contribution in [1.82, 2.24) is 19.9 Å². The number of anilines is 1. The normalized spacial score (nSPS) is 11.1. The van der Waals surface area contributed by atoms with Crippen LogP contribution in [0.1, 0.15) is 18.2 Å². The van der Waals surface area contributed by atoms with Gasteiger partial charge in [-0.3, -0.25) is 9.58 Å². The van der Waals surface area contributed by atoms with E-state index in [0.717, 1.165) is 31.0 Å². The predicted molar refractivity (Wildman–Crippen MR) is 71.6 cm³/mol. The van der Waals surface area contributed by atoms with Gasteiger partial charge in [0.05, 0.1) is 5.69 Å². The largest absolute Gasteiger partial charge is 0.399 e. The summed E-state index contributed by atoms with van der Waals surface area (Å²) in [5.74, 6) is 0. The van der Waals surface area contributed by atoms with Gasteiger partial charge in [-0.05, 0) is 24.2 Å². The average molecular weight is 245 g/mol. The highest BCUT2D eigenvalue weighted by Crippen LogP contribution is 2.11. The third-order valence-electron chi connectivity index (χ3n) is 2.84. The highest BCUT2D eigenvalue weighted by molar-refractivity contribution is 5.40. The van der Waals surface area contributed by atoms with Crippen molar-refractivity contribution in [2.24, 2.45) is 7.05 Å². The summed E-state index contributed by atoms with van der Waals surface area (Å²) in [6.45, 7) is 4.78. The average Bonchev–Trinajstić information content (AvgIpc) is 2.74. The minimum absolute atomic E-state index is 0.805. The molecule has 0 saturated heterocycles. The second kappa shape index (κ2) is 5.64. The molecule has 18 heavy (non-hydrogen) atoms. The van der Waals surface area contributed by atoms with Crippen molar-refractivity contribution in [1.29, 1.82) is 0 Å². The number of rotatable bonds is 5. The predicted octanol–water partition coefficient (Wildman–Crippen LogP) is 1.42. The summed E-state index contributed by atoms with van der Waals surface area (Å²) in [5.41, 5.74) is 8.81. The van der Waals surface area contributed by atoms with Gasteiger partial charge in [0.15, 0.2) is 0 Å². The van der Waals surface area contributed by atoms with E-state index >= 15 is 0 Å². The van der Waals surface area contributed by atoms with Crippen LogP contribution in [-0.4, -0.2) is 26.4 Å². The van der Waals surface area contributed by atoms with Crippen molar-refractivity contribution in [3.63, 3.8) is 0 Å². The number of hydrogen-bond acceptors (Lipinski definition) is 4. The third-order valence-corrected chi connectivity index (χ3v) is 2.84. The van der Waals surface area contributed by atoms with Crippen molar-refractivity contribution >= 4 is 5.69 Å². The van der Waals surface area contributed by atoms with Crippen LogP contribution < -0.4 is 5.73 Å². The number of aromatic nitrogens is 3. The smallest absolute Gasteiger partial charge is 0.0967 e. The first kappa shape index (κ1) is 12.6. The van der Waals surface area contributed by atoms with Crippen molar-refractivity contribution in [2.45, 2.75) is 20.0 Å². The summed E-state index contributed by atoms with van der Waals surface area (Å²) in [7, 11) is 1.88. The molecule has 0 saturated carbocycles. The number of nitrogen functional groups attached to an aromatic ring is 1. The van der Waals surface area contributed by atoms with Gasteiger partial charge in [-0.1, -0.05) is 24.3 Å². The van der Waals surface area contributed by atoms with Gasteiger partial charge in [0.2, 0.25) is 0 Å². The van der Waals surface area contributed by atoms with Crippen LogP contribution >= 0.6 is 0 Å². The van der Waals surface area contributed by atoms with E-state index in [1.165, 1.54) is 5.56 Å². The monoisotopic (exact) mass is 245 g/mol. The molecule has 0 amide bonds. The lowest BCUT2D eigenvalue weighted by Gasteiger charge is -2.19. The highest BCUT2D eigenvalue weighted by Gasteiger charge is 2.07. The van der Waals surface area contributed by atoms with Crippen molar-refractivity contribution < 1.29 is 0 Å². The van der Waals surface area contributed by atoms with E-state index < -0.39 is 0 Å². The molecule has 0 bridgehead atoms. The molecule has 0 spiro atoms. The van der Waals surface area contributed by atoms with Gasteiger partial charge in [-0.25, -0.2) is 0 Å². The molecule has 0 unspecified atom stereocenters. The third kappa shape index (κ3) is 3.30. The molecular weight excluding hydrogens is 226 g/mol. The highest BCUT2D eigenvalue weighted by atomic mass is 15.4. The van der Waals surface area contributed by atoms with Crippen LogP contribution in [0.25, 0.3) is 0 Å². The zero-order valence-electron chi connectivity index (χ0n) is 10.9. The maximum absolute atomic E-state index is 5.79. The van der Waals surface area contributed by atoms with E-state index in [-0.39, 0.29) is 0 Å². The van der Waals surface area contributed by atoms with Gasteiger partial charge in [-0.2, -0.15) is 0 Å². The Balaban J connectivity index is 2.01. The summed E-state index contributed by atoms with van der Waals surface area (Å²) in [6.07, 6.45) is 1.95. The molecule has 2 rings (SSSR count). The SMILES string of the molecule is CCN(Cc1cccc(N)c1)Cc1cn(C)nn1. The fourth-order valence-corrected chi connectivity index (χ4v) is 1.93. The molecule has 0 aliphatic carbocycles. The van der Waals surface area contributed by atoms with Crippen LogP contribution in [0.15, 0.2) is 30.5 Å². The molecule has 5 heteroatoms. The number of benzene rings is 1. The Labute approximate surface area is 107 Å². The first-order chi connectivity index (χ1) is 8.67. The lowest BCUT2D eigenvalue weighted by molar-refractivity contribution is 0.268. The summed E-state index contributed by atoms with van der Waals surface area (Å²) < 4.78 is 1.73. The van der Waals surface area contributed by atoms with Crippen LogP contribution in [0.3, 0.4) is 0 Å². The van der Waals surface area contributed by atoms with Crippen LogP contribution in [0.2, 0.25) is 0 Å². The maximum atomic E-state index is 5.79. The van der Waals surface area contributed by atoms with Gasteiger partial charge < -0.3 is 5.73 Å². The first-order valence-electron chi connectivity index (χ1n) is 6.09. The lowest BCUT2D eigenvalue weighted by atomic mass is 10.2. The van der Waals surface area contributed by atoms with E-state index in [1.54, 1.807) is 4.68 Å². The molecule has 0 radical (unpaired) electrons. The minimum Gasteiger partial charge on any atom is -0.399 e. The van der Waals surface area contributed by atoms with Gasteiger partial charge >= 0.3 is 0 Å². The molecule has 0 atom stereocenters. The number of nitrogens with two attached hydrogens (primary N) is 1. The van der Waals surface area contributed by atoms with Crippen molar-refractivity contribution in [3.8, 4) is 0 Å². The van der Waals surface area contributed by atoms with Gasteiger partial charge in [0.25, 0.3) is 0 Å². The molecule has 0 fully saturated rings. The van der Waals surface area contributed by atoms with E-state index in [0.29, 0.717) is 0 Å². The Morgan fingerprint density at radius 3 is 2.78 bits per heavy atom. The topological polar surface area (TPSA) is 60.0 Å². The summed E-state index contributed by atoms with van der Waals surface area (Å²) in [5, 5.41) is 8.05. The summed E-state index contributed by atoms with van der Waals surface area (Å²) >= 11 is 0. The molecule has 2 N–H and O–H groups in total. The number of aryl methyl sites for hydroxylation is 1. The van der Waals surface area contributed by atoms with Crippen molar-refractivity contribution in [3.05, 3.63) is 41.7 Å². The Morgan fingerprint density at radius 1 is 1.33 bits per heavy atom. The maximum Gasteiger partial charge on any atom is 0.0967 e. The Kier molecular flexibility index (Phi) is 3.94. The van der Waals surface area contributed by atoms with E-state index in [2.05, 4.69) is 28.2 Å². The quantitative estimate of drug-likeness (QED) is 0.809. The molecule has 1 heterocycles. The molecular formula is C13H19N5. The van der Waals surface area contributed by atoms with Crippen LogP contribution in [-0.2, 0) is 20.1 Å². The summed E-state index contributed by atoms with van der Waals surface area (Å²) in [4.78, 5) is 2.30. The second-order valence-electron chi connectivity index (χ2n) is 4.43. The Hall–Kier alpha value is -1.88. The first-order valence-corrected chi connectivity index (χ1v) is 6.09.